The molecule has 4 heteroatoms. The van der Waals surface area contributed by atoms with Gasteiger partial charge in [-0.3, -0.25) is 9.59 Å². The van der Waals surface area contributed by atoms with E-state index in [2.05, 4.69) is 12.2 Å². The molecule has 0 radical (unpaired) electrons. The highest BCUT2D eigenvalue weighted by atomic mass is 16.2. The molecule has 0 bridgehead atoms. The van der Waals surface area contributed by atoms with Crippen LogP contribution in [0, 0.1) is 5.92 Å². The van der Waals surface area contributed by atoms with Crippen molar-refractivity contribution in [2.45, 2.75) is 44.8 Å². The maximum atomic E-state index is 12.5. The first-order valence-corrected chi connectivity index (χ1v) is 7.27. The predicted octanol–water partition coefficient (Wildman–Crippen LogP) is 1.87. The highest BCUT2D eigenvalue weighted by molar-refractivity contribution is 5.97. The van der Waals surface area contributed by atoms with Gasteiger partial charge in [0.2, 0.25) is 11.8 Å². The minimum absolute atomic E-state index is 0.0258. The third-order valence-electron chi connectivity index (χ3n) is 4.37. The number of carbonyl (C=O) groups is 2. The molecule has 1 saturated heterocycles. The monoisotopic (exact) mass is 272 g/mol. The van der Waals surface area contributed by atoms with Crippen LogP contribution in [0.2, 0.25) is 0 Å². The second kappa shape index (κ2) is 4.93. The van der Waals surface area contributed by atoms with Crippen molar-refractivity contribution in [3.05, 3.63) is 35.9 Å². The first-order valence-electron chi connectivity index (χ1n) is 7.27. The Kier molecular flexibility index (Phi) is 3.24. The highest BCUT2D eigenvalue weighted by Crippen LogP contribution is 2.39. The SMILES string of the molecule is CC1NC(=O)C(c2ccccc2)N(C(C)C2CC2)C1=O. The molecule has 1 heterocycles. The van der Waals surface area contributed by atoms with Gasteiger partial charge in [0.05, 0.1) is 0 Å². The number of amides is 2. The minimum Gasteiger partial charge on any atom is -0.342 e. The summed E-state index contributed by atoms with van der Waals surface area (Å²) in [5.74, 6) is 0.497. The molecule has 2 fully saturated rings. The van der Waals surface area contributed by atoms with Crippen molar-refractivity contribution >= 4 is 11.8 Å². The average molecular weight is 272 g/mol. The van der Waals surface area contributed by atoms with Gasteiger partial charge in [-0.15, -0.1) is 0 Å². The van der Waals surface area contributed by atoms with Crippen molar-refractivity contribution in [3.8, 4) is 0 Å². The maximum Gasteiger partial charge on any atom is 0.248 e. The van der Waals surface area contributed by atoms with Crippen LogP contribution in [-0.2, 0) is 9.59 Å². The first kappa shape index (κ1) is 13.2. The van der Waals surface area contributed by atoms with E-state index in [9.17, 15) is 9.59 Å². The maximum absolute atomic E-state index is 12.5. The summed E-state index contributed by atoms with van der Waals surface area (Å²) >= 11 is 0. The lowest BCUT2D eigenvalue weighted by Gasteiger charge is -2.42. The fraction of sp³-hybridized carbons (Fsp3) is 0.500. The summed E-state index contributed by atoms with van der Waals surface area (Å²) in [5, 5.41) is 2.79. The van der Waals surface area contributed by atoms with Gasteiger partial charge in [0.1, 0.15) is 12.1 Å². The molecule has 106 valence electrons. The molecule has 0 aromatic heterocycles. The lowest BCUT2D eigenvalue weighted by molar-refractivity contribution is -0.152. The fourth-order valence-electron chi connectivity index (χ4n) is 3.02. The zero-order valence-electron chi connectivity index (χ0n) is 11.9. The Morgan fingerprint density at radius 2 is 1.85 bits per heavy atom. The Morgan fingerprint density at radius 3 is 2.45 bits per heavy atom. The molecule has 1 aliphatic heterocycles. The minimum atomic E-state index is -0.490. The zero-order chi connectivity index (χ0) is 14.3. The van der Waals surface area contributed by atoms with Crippen molar-refractivity contribution in [1.29, 1.82) is 0 Å². The number of piperazine rings is 1. The number of nitrogens with one attached hydrogen (secondary N) is 1. The van der Waals surface area contributed by atoms with E-state index in [0.29, 0.717) is 5.92 Å². The van der Waals surface area contributed by atoms with Crippen molar-refractivity contribution in [3.63, 3.8) is 0 Å². The van der Waals surface area contributed by atoms with E-state index < -0.39 is 12.1 Å². The second-order valence-electron chi connectivity index (χ2n) is 5.87. The molecular weight excluding hydrogens is 252 g/mol. The third kappa shape index (κ3) is 2.19. The molecule has 3 rings (SSSR count). The molecule has 1 saturated carbocycles. The van der Waals surface area contributed by atoms with E-state index >= 15 is 0 Å². The molecule has 20 heavy (non-hydrogen) atoms. The smallest absolute Gasteiger partial charge is 0.248 e. The Balaban J connectivity index is 1.98. The summed E-state index contributed by atoms with van der Waals surface area (Å²) in [5.41, 5.74) is 0.887. The van der Waals surface area contributed by atoms with Crippen molar-refractivity contribution < 1.29 is 9.59 Å². The summed E-state index contributed by atoms with van der Waals surface area (Å²) in [6, 6.07) is 8.78. The van der Waals surface area contributed by atoms with Gasteiger partial charge in [-0.2, -0.15) is 0 Å². The van der Waals surface area contributed by atoms with Crippen LogP contribution in [0.1, 0.15) is 38.3 Å². The molecule has 0 spiro atoms. The van der Waals surface area contributed by atoms with E-state index in [1.165, 1.54) is 0 Å². The molecular formula is C16H20N2O2. The molecule has 1 aromatic carbocycles. The number of hydrogen-bond acceptors (Lipinski definition) is 2. The first-order chi connectivity index (χ1) is 9.59. The normalized spacial score (nSPS) is 28.2. The summed E-state index contributed by atoms with van der Waals surface area (Å²) in [7, 11) is 0. The molecule has 2 aliphatic rings. The quantitative estimate of drug-likeness (QED) is 0.913. The lowest BCUT2D eigenvalue weighted by atomic mass is 9.97. The molecule has 1 aliphatic carbocycles. The zero-order valence-corrected chi connectivity index (χ0v) is 11.9. The number of benzene rings is 1. The van der Waals surface area contributed by atoms with E-state index in [4.69, 9.17) is 0 Å². The topological polar surface area (TPSA) is 49.4 Å². The van der Waals surface area contributed by atoms with Crippen LogP contribution in [0.3, 0.4) is 0 Å². The van der Waals surface area contributed by atoms with Gasteiger partial charge in [0, 0.05) is 6.04 Å². The highest BCUT2D eigenvalue weighted by Gasteiger charge is 2.45. The van der Waals surface area contributed by atoms with Crippen molar-refractivity contribution in [2.24, 2.45) is 5.92 Å². The third-order valence-corrected chi connectivity index (χ3v) is 4.37. The van der Waals surface area contributed by atoms with Crippen molar-refractivity contribution in [1.82, 2.24) is 10.2 Å². The number of carbonyl (C=O) groups excluding carboxylic acids is 2. The van der Waals surface area contributed by atoms with E-state index in [1.807, 2.05) is 30.3 Å². The van der Waals surface area contributed by atoms with Gasteiger partial charge in [-0.25, -0.2) is 0 Å². The average Bonchev–Trinajstić information content (AvgIpc) is 3.27. The van der Waals surface area contributed by atoms with Crippen LogP contribution in [0.4, 0.5) is 0 Å². The second-order valence-corrected chi connectivity index (χ2v) is 5.87. The molecule has 1 N–H and O–H groups in total. The molecule has 2 amide bonds. The summed E-state index contributed by atoms with van der Waals surface area (Å²) in [6.45, 7) is 3.82. The van der Waals surface area contributed by atoms with Crippen LogP contribution in [0.25, 0.3) is 0 Å². The number of nitrogens with zero attached hydrogens (tertiary/aromatic N) is 1. The van der Waals surface area contributed by atoms with Crippen LogP contribution in [-0.4, -0.2) is 28.8 Å². The summed E-state index contributed by atoms with van der Waals surface area (Å²) in [6.07, 6.45) is 2.31. The van der Waals surface area contributed by atoms with E-state index in [1.54, 1.807) is 11.8 Å². The summed E-state index contributed by atoms with van der Waals surface area (Å²) < 4.78 is 0. The van der Waals surface area contributed by atoms with Crippen molar-refractivity contribution in [2.75, 3.05) is 0 Å². The molecule has 4 nitrogen and oxygen atoms in total. The van der Waals surface area contributed by atoms with Gasteiger partial charge >= 0.3 is 0 Å². The van der Waals surface area contributed by atoms with E-state index in [-0.39, 0.29) is 17.9 Å². The van der Waals surface area contributed by atoms with Gasteiger partial charge in [-0.05, 0) is 38.2 Å². The number of rotatable bonds is 3. The molecule has 3 unspecified atom stereocenters. The largest absolute Gasteiger partial charge is 0.342 e. The van der Waals surface area contributed by atoms with Crippen LogP contribution in [0.15, 0.2) is 30.3 Å². The van der Waals surface area contributed by atoms with Gasteiger partial charge in [-0.1, -0.05) is 30.3 Å². The summed E-state index contributed by atoms with van der Waals surface area (Å²) in [4.78, 5) is 26.7. The van der Waals surface area contributed by atoms with Gasteiger partial charge in [0.25, 0.3) is 0 Å². The standard InChI is InChI=1S/C16H20N2O2/c1-10-16(20)18(11(2)12-8-9-12)14(15(19)17-10)13-6-4-3-5-7-13/h3-7,10-12,14H,8-9H2,1-2H3,(H,17,19). The molecule has 3 atom stereocenters. The Bertz CT molecular complexity index is 525. The number of hydrogen-bond donors (Lipinski definition) is 1. The fourth-order valence-corrected chi connectivity index (χ4v) is 3.02. The lowest BCUT2D eigenvalue weighted by Crippen LogP contribution is -2.60. The van der Waals surface area contributed by atoms with Gasteiger partial charge in [0.15, 0.2) is 0 Å². The van der Waals surface area contributed by atoms with Crippen LogP contribution < -0.4 is 5.32 Å². The Labute approximate surface area is 119 Å². The Hall–Kier alpha value is -1.84. The Morgan fingerprint density at radius 1 is 1.20 bits per heavy atom. The van der Waals surface area contributed by atoms with Gasteiger partial charge < -0.3 is 10.2 Å². The van der Waals surface area contributed by atoms with Crippen LogP contribution in [0.5, 0.6) is 0 Å². The molecule has 1 aromatic rings. The predicted molar refractivity (Wildman–Crippen MR) is 75.8 cm³/mol. The van der Waals surface area contributed by atoms with E-state index in [0.717, 1.165) is 18.4 Å². The van der Waals surface area contributed by atoms with Crippen LogP contribution >= 0.6 is 0 Å².